The average molecular weight is 580 g/mol. The van der Waals surface area contributed by atoms with Gasteiger partial charge in [0, 0.05) is 49.3 Å². The quantitative estimate of drug-likeness (QED) is 0.221. The van der Waals surface area contributed by atoms with Crippen LogP contribution >= 0.6 is 0 Å². The Morgan fingerprint density at radius 2 is 1.77 bits per heavy atom. The van der Waals surface area contributed by atoms with Crippen LogP contribution < -0.4 is 14.4 Å². The lowest BCUT2D eigenvalue weighted by molar-refractivity contribution is -0.129. The van der Waals surface area contributed by atoms with E-state index in [1.807, 2.05) is 46.1 Å². The molecule has 2 saturated heterocycles. The maximum absolute atomic E-state index is 13.2. The first kappa shape index (κ1) is 27.7. The van der Waals surface area contributed by atoms with Gasteiger partial charge >= 0.3 is 0 Å². The highest BCUT2D eigenvalue weighted by molar-refractivity contribution is 5.79. The molecule has 3 aliphatic rings. The lowest BCUT2D eigenvalue weighted by Crippen LogP contribution is -2.31. The second kappa shape index (κ2) is 11.5. The van der Waals surface area contributed by atoms with Crippen LogP contribution in [0, 0.1) is 5.92 Å². The van der Waals surface area contributed by atoms with Gasteiger partial charge in [0.05, 0.1) is 36.9 Å². The summed E-state index contributed by atoms with van der Waals surface area (Å²) in [6, 6.07) is 14.4. The number of pyridine rings is 2. The number of carbonyl (C=O) groups is 1. The topological polar surface area (TPSA) is 72.2 Å². The maximum atomic E-state index is 13.2. The third kappa shape index (κ3) is 5.55. The number of hydrogen-bond donors (Lipinski definition) is 0. The van der Waals surface area contributed by atoms with Crippen molar-refractivity contribution in [2.75, 3.05) is 31.6 Å². The molecule has 3 fully saturated rings. The molecule has 8 nitrogen and oxygen atoms in total. The fourth-order valence-corrected chi connectivity index (χ4v) is 6.73. The number of rotatable bonds is 9. The number of ether oxygens (including phenoxy) is 2. The molecule has 2 aliphatic heterocycles. The van der Waals surface area contributed by atoms with Crippen LogP contribution in [0.3, 0.4) is 0 Å². The zero-order chi connectivity index (χ0) is 29.5. The van der Waals surface area contributed by atoms with Crippen molar-refractivity contribution in [1.29, 1.82) is 0 Å². The van der Waals surface area contributed by atoms with Gasteiger partial charge in [-0.25, -0.2) is 4.52 Å². The van der Waals surface area contributed by atoms with Crippen LogP contribution in [0.4, 0.5) is 5.69 Å². The monoisotopic (exact) mass is 579 g/mol. The molecule has 7 rings (SSSR count). The van der Waals surface area contributed by atoms with Gasteiger partial charge in [0.2, 0.25) is 5.91 Å². The molecule has 0 spiro atoms. The van der Waals surface area contributed by atoms with E-state index < -0.39 is 0 Å². The number of benzene rings is 1. The summed E-state index contributed by atoms with van der Waals surface area (Å²) in [7, 11) is 1.66. The number of nitrogens with zero attached hydrogens (tertiary/aromatic N) is 5. The molecule has 1 aliphatic carbocycles. The molecule has 1 amide bonds. The Labute approximate surface area is 253 Å². The molecular weight excluding hydrogens is 538 g/mol. The van der Waals surface area contributed by atoms with Crippen molar-refractivity contribution in [2.45, 2.75) is 70.4 Å². The Bertz CT molecular complexity index is 1590. The van der Waals surface area contributed by atoms with E-state index in [1.54, 1.807) is 7.11 Å². The highest BCUT2D eigenvalue weighted by atomic mass is 16.5. The van der Waals surface area contributed by atoms with Crippen LogP contribution in [-0.2, 0) is 4.79 Å². The zero-order valence-corrected chi connectivity index (χ0v) is 25.4. The van der Waals surface area contributed by atoms with Crippen LogP contribution in [0.5, 0.6) is 11.5 Å². The van der Waals surface area contributed by atoms with E-state index in [1.165, 1.54) is 43.4 Å². The fourth-order valence-electron chi connectivity index (χ4n) is 6.73. The minimum atomic E-state index is -0.146. The molecule has 3 aromatic heterocycles. The third-order valence-corrected chi connectivity index (χ3v) is 9.62. The maximum Gasteiger partial charge on any atom is 0.223 e. The summed E-state index contributed by atoms with van der Waals surface area (Å²) in [4.78, 5) is 22.5. The number of fused-ring (bicyclic) bond motifs is 1. The number of carbonyl (C=O) groups excluding carboxylic acids is 1. The minimum absolute atomic E-state index is 0.0130. The summed E-state index contributed by atoms with van der Waals surface area (Å²) in [6.07, 6.45) is 12.6. The van der Waals surface area contributed by atoms with Crippen LogP contribution in [0.1, 0.15) is 75.5 Å². The summed E-state index contributed by atoms with van der Waals surface area (Å²) in [5.74, 6) is 2.43. The van der Waals surface area contributed by atoms with Gasteiger partial charge in [-0.3, -0.25) is 9.78 Å². The number of amides is 1. The number of piperidine rings is 1. The van der Waals surface area contributed by atoms with Gasteiger partial charge in [-0.1, -0.05) is 12.1 Å². The van der Waals surface area contributed by atoms with Gasteiger partial charge < -0.3 is 19.3 Å². The van der Waals surface area contributed by atoms with Gasteiger partial charge in [-0.15, -0.1) is 0 Å². The first-order valence-corrected chi connectivity index (χ1v) is 15.8. The van der Waals surface area contributed by atoms with Gasteiger partial charge in [0.15, 0.2) is 0 Å². The Hall–Kier alpha value is -4.07. The van der Waals surface area contributed by atoms with E-state index >= 15 is 0 Å². The van der Waals surface area contributed by atoms with E-state index in [-0.39, 0.29) is 24.0 Å². The van der Waals surface area contributed by atoms with E-state index in [9.17, 15) is 4.79 Å². The molecule has 224 valence electrons. The molecule has 0 radical (unpaired) electrons. The predicted molar refractivity (Wildman–Crippen MR) is 168 cm³/mol. The van der Waals surface area contributed by atoms with E-state index in [0.717, 1.165) is 46.9 Å². The summed E-state index contributed by atoms with van der Waals surface area (Å²) in [5.41, 5.74) is 6.45. The molecule has 43 heavy (non-hydrogen) atoms. The van der Waals surface area contributed by atoms with Crippen LogP contribution in [0.2, 0.25) is 0 Å². The molecular formula is C35H41N5O3. The molecule has 1 saturated carbocycles. The third-order valence-electron chi connectivity index (χ3n) is 9.62. The summed E-state index contributed by atoms with van der Waals surface area (Å²) >= 11 is 0. The van der Waals surface area contributed by atoms with Crippen molar-refractivity contribution in [3.05, 3.63) is 72.2 Å². The number of methoxy groups -OCH3 is 1. The number of likely N-dealkylation sites (tertiary alicyclic amines) is 1. The summed E-state index contributed by atoms with van der Waals surface area (Å²) in [6.45, 7) is 7.05. The van der Waals surface area contributed by atoms with Crippen molar-refractivity contribution in [1.82, 2.24) is 19.5 Å². The normalized spacial score (nSPS) is 20.4. The Balaban J connectivity index is 1.13. The largest absolute Gasteiger partial charge is 0.497 e. The molecule has 0 bridgehead atoms. The molecule has 0 unspecified atom stereocenters. The van der Waals surface area contributed by atoms with Crippen LogP contribution in [-0.4, -0.2) is 58.3 Å². The lowest BCUT2D eigenvalue weighted by Gasteiger charge is -2.28. The molecule has 8 heteroatoms. The smallest absolute Gasteiger partial charge is 0.223 e. The molecule has 1 aromatic carbocycles. The van der Waals surface area contributed by atoms with Gasteiger partial charge in [0.1, 0.15) is 23.1 Å². The van der Waals surface area contributed by atoms with E-state index in [4.69, 9.17) is 19.6 Å². The second-order valence-electron chi connectivity index (χ2n) is 12.5. The van der Waals surface area contributed by atoms with Crippen molar-refractivity contribution in [2.24, 2.45) is 5.92 Å². The molecule has 4 aromatic rings. The van der Waals surface area contributed by atoms with Crippen molar-refractivity contribution in [3.63, 3.8) is 0 Å². The van der Waals surface area contributed by atoms with Gasteiger partial charge in [0.25, 0.3) is 0 Å². The van der Waals surface area contributed by atoms with E-state index in [0.29, 0.717) is 18.9 Å². The SMILES string of the molecule is COc1ccc([C@@H](C)N2C[C@H]([C@@H](C)Oc3cc(-c4ccc(N5CCCCC5)cn4)cn4ncc(C5CC5)c34)CC2=O)cc1. The van der Waals surface area contributed by atoms with E-state index in [2.05, 4.69) is 43.1 Å². The van der Waals surface area contributed by atoms with Crippen LogP contribution in [0.25, 0.3) is 16.8 Å². The van der Waals surface area contributed by atoms with Crippen molar-refractivity contribution in [3.8, 4) is 22.8 Å². The fraction of sp³-hybridized carbons (Fsp3) is 0.457. The zero-order valence-electron chi connectivity index (χ0n) is 25.4. The number of anilines is 1. The Morgan fingerprint density at radius 1 is 0.977 bits per heavy atom. The lowest BCUT2D eigenvalue weighted by atomic mass is 10.0. The first-order chi connectivity index (χ1) is 21.0. The second-order valence-corrected chi connectivity index (χ2v) is 12.5. The standard InChI is InChI=1S/C35H41N5O3/c1-23(25-9-12-30(42-3)13-10-25)39-21-27(18-34(39)41)24(2)43-33-17-28(22-40-35(33)31(20-37-40)26-7-8-26)32-14-11-29(19-36-32)38-15-5-4-6-16-38/h9-14,17,19-20,22-24,26-27H,4-8,15-16,18,21H2,1-3H3/t23-,24-,27-/m1/s1. The van der Waals surface area contributed by atoms with Gasteiger partial charge in [-0.2, -0.15) is 5.10 Å². The molecule has 3 atom stereocenters. The average Bonchev–Trinajstić information content (AvgIpc) is 3.68. The first-order valence-electron chi connectivity index (χ1n) is 15.8. The highest BCUT2D eigenvalue weighted by Gasteiger charge is 2.37. The molecule has 5 heterocycles. The number of aromatic nitrogens is 3. The summed E-state index contributed by atoms with van der Waals surface area (Å²) in [5, 5.41) is 4.75. The van der Waals surface area contributed by atoms with Crippen molar-refractivity contribution >= 4 is 17.1 Å². The Kier molecular flexibility index (Phi) is 7.45. The Morgan fingerprint density at radius 3 is 2.47 bits per heavy atom. The van der Waals surface area contributed by atoms with Gasteiger partial charge in [-0.05, 0) is 87.8 Å². The minimum Gasteiger partial charge on any atom is -0.497 e. The van der Waals surface area contributed by atoms with Crippen molar-refractivity contribution < 1.29 is 14.3 Å². The summed E-state index contributed by atoms with van der Waals surface area (Å²) < 4.78 is 14.1. The van der Waals surface area contributed by atoms with Crippen LogP contribution in [0.15, 0.2) is 61.1 Å². The predicted octanol–water partition coefficient (Wildman–Crippen LogP) is 6.65. The highest BCUT2D eigenvalue weighted by Crippen LogP contribution is 2.45. The number of hydrogen-bond acceptors (Lipinski definition) is 6. The molecule has 0 N–H and O–H groups in total.